The van der Waals surface area contributed by atoms with Gasteiger partial charge in [-0.2, -0.15) is 0 Å². The van der Waals surface area contributed by atoms with Crippen LogP contribution >= 0.6 is 0 Å². The number of nitrogens with zero attached hydrogens (tertiary/aromatic N) is 1. The Balaban J connectivity index is 1.25. The SMILES string of the molecule is CCCCCOc1ccc(C(=O)Nc2ccc3[nH]cc(C4CCN5CCCCC5C4)c3c2)cc1. The summed E-state index contributed by atoms with van der Waals surface area (Å²) in [6.07, 6.45) is 12.1. The summed E-state index contributed by atoms with van der Waals surface area (Å²) >= 11 is 0. The standard InChI is InChI=1S/C29H37N3O2/c1-2-3-6-17-34-25-11-8-21(9-12-25)29(33)31-23-10-13-28-26(19-23)27(20-30-28)22-14-16-32-15-5-4-7-24(32)18-22/h8-13,19-20,22,24,30H,2-7,14-18H2,1H3,(H,31,33). The Kier molecular flexibility index (Phi) is 7.19. The van der Waals surface area contributed by atoms with E-state index in [0.717, 1.165) is 36.0 Å². The molecule has 0 aliphatic carbocycles. The maximum Gasteiger partial charge on any atom is 0.255 e. The molecule has 0 spiro atoms. The number of H-pyrrole nitrogens is 1. The van der Waals surface area contributed by atoms with Crippen LogP contribution in [0.3, 0.4) is 0 Å². The van der Waals surface area contributed by atoms with Gasteiger partial charge in [-0.05, 0) is 99.1 Å². The van der Waals surface area contributed by atoms with E-state index >= 15 is 0 Å². The van der Waals surface area contributed by atoms with E-state index in [1.165, 1.54) is 69.0 Å². The zero-order chi connectivity index (χ0) is 23.3. The molecule has 2 aliphatic rings. The van der Waals surface area contributed by atoms with Crippen LogP contribution in [0.4, 0.5) is 5.69 Å². The number of hydrogen-bond acceptors (Lipinski definition) is 3. The molecule has 2 fully saturated rings. The summed E-state index contributed by atoms with van der Waals surface area (Å²) in [6, 6.07) is 14.4. The Morgan fingerprint density at radius 2 is 1.97 bits per heavy atom. The fourth-order valence-corrected chi connectivity index (χ4v) is 5.68. The molecule has 2 aliphatic heterocycles. The van der Waals surface area contributed by atoms with E-state index in [-0.39, 0.29) is 5.91 Å². The van der Waals surface area contributed by atoms with Gasteiger partial charge in [0.2, 0.25) is 0 Å². The van der Waals surface area contributed by atoms with Gasteiger partial charge >= 0.3 is 0 Å². The van der Waals surface area contributed by atoms with Crippen molar-refractivity contribution in [3.05, 3.63) is 59.8 Å². The van der Waals surface area contributed by atoms with E-state index < -0.39 is 0 Å². The Labute approximate surface area is 202 Å². The molecular formula is C29H37N3O2. The van der Waals surface area contributed by atoms with Crippen LogP contribution < -0.4 is 10.1 Å². The van der Waals surface area contributed by atoms with E-state index in [1.54, 1.807) is 0 Å². The molecule has 0 bridgehead atoms. The van der Waals surface area contributed by atoms with E-state index in [4.69, 9.17) is 4.74 Å². The maximum atomic E-state index is 12.9. The largest absolute Gasteiger partial charge is 0.494 e. The van der Waals surface area contributed by atoms with E-state index in [9.17, 15) is 4.79 Å². The van der Waals surface area contributed by atoms with Crippen LogP contribution in [-0.2, 0) is 0 Å². The van der Waals surface area contributed by atoms with Gasteiger partial charge in [-0.1, -0.05) is 26.2 Å². The molecule has 1 amide bonds. The quantitative estimate of drug-likeness (QED) is 0.368. The first-order valence-corrected chi connectivity index (χ1v) is 13.1. The van der Waals surface area contributed by atoms with Crippen molar-refractivity contribution in [2.45, 2.75) is 70.3 Å². The number of hydrogen-bond donors (Lipinski definition) is 2. The van der Waals surface area contributed by atoms with Crippen LogP contribution in [0.5, 0.6) is 5.75 Å². The number of rotatable bonds is 8. The molecule has 2 atom stereocenters. The van der Waals surface area contributed by atoms with Crippen molar-refractivity contribution in [1.29, 1.82) is 0 Å². The monoisotopic (exact) mass is 459 g/mol. The van der Waals surface area contributed by atoms with Crippen molar-refractivity contribution in [2.24, 2.45) is 0 Å². The number of aromatic nitrogens is 1. The lowest BCUT2D eigenvalue weighted by atomic mass is 9.82. The summed E-state index contributed by atoms with van der Waals surface area (Å²) in [4.78, 5) is 19.0. The molecule has 0 saturated carbocycles. The maximum absolute atomic E-state index is 12.9. The number of fused-ring (bicyclic) bond motifs is 2. The number of carbonyl (C=O) groups is 1. The lowest BCUT2D eigenvalue weighted by molar-refractivity contribution is 0.0977. The van der Waals surface area contributed by atoms with Crippen LogP contribution in [-0.4, -0.2) is 41.5 Å². The van der Waals surface area contributed by atoms with Gasteiger partial charge in [0.1, 0.15) is 5.75 Å². The van der Waals surface area contributed by atoms with Gasteiger partial charge in [-0.3, -0.25) is 4.79 Å². The van der Waals surface area contributed by atoms with Gasteiger partial charge < -0.3 is 19.9 Å². The highest BCUT2D eigenvalue weighted by molar-refractivity contribution is 6.05. The van der Waals surface area contributed by atoms with Crippen molar-refractivity contribution in [2.75, 3.05) is 25.0 Å². The number of nitrogens with one attached hydrogen (secondary N) is 2. The summed E-state index contributed by atoms with van der Waals surface area (Å²) < 4.78 is 5.77. The van der Waals surface area contributed by atoms with Crippen molar-refractivity contribution in [3.8, 4) is 5.75 Å². The van der Waals surface area contributed by atoms with Gasteiger partial charge in [0.15, 0.2) is 0 Å². The Morgan fingerprint density at radius 1 is 1.09 bits per heavy atom. The Hall–Kier alpha value is -2.79. The molecule has 2 saturated heterocycles. The summed E-state index contributed by atoms with van der Waals surface area (Å²) in [6.45, 7) is 5.38. The number of piperidine rings is 2. The highest BCUT2D eigenvalue weighted by Gasteiger charge is 2.31. The summed E-state index contributed by atoms with van der Waals surface area (Å²) in [5, 5.41) is 4.33. The van der Waals surface area contributed by atoms with Gasteiger partial charge in [0, 0.05) is 34.4 Å². The Bertz CT molecular complexity index is 1100. The first kappa shape index (κ1) is 23.0. The zero-order valence-corrected chi connectivity index (χ0v) is 20.3. The van der Waals surface area contributed by atoms with Gasteiger partial charge in [0.05, 0.1) is 6.61 Å². The van der Waals surface area contributed by atoms with E-state index in [2.05, 4.69) is 40.5 Å². The second-order valence-electron chi connectivity index (χ2n) is 9.95. The minimum absolute atomic E-state index is 0.0931. The lowest BCUT2D eigenvalue weighted by Gasteiger charge is -2.42. The van der Waals surface area contributed by atoms with Crippen molar-refractivity contribution in [1.82, 2.24) is 9.88 Å². The van der Waals surface area contributed by atoms with Crippen LogP contribution in [0.15, 0.2) is 48.7 Å². The molecule has 3 heterocycles. The molecule has 3 aromatic rings. The molecule has 0 radical (unpaired) electrons. The number of amides is 1. The highest BCUT2D eigenvalue weighted by Crippen LogP contribution is 2.39. The summed E-state index contributed by atoms with van der Waals surface area (Å²) in [5.41, 5.74) is 4.03. The molecular weight excluding hydrogens is 422 g/mol. The minimum atomic E-state index is -0.0931. The number of aromatic amines is 1. The van der Waals surface area contributed by atoms with Crippen molar-refractivity contribution >= 4 is 22.5 Å². The van der Waals surface area contributed by atoms with E-state index in [1.807, 2.05) is 30.3 Å². The number of benzene rings is 2. The van der Waals surface area contributed by atoms with Gasteiger partial charge in [0.25, 0.3) is 5.91 Å². The van der Waals surface area contributed by atoms with Crippen LogP contribution in [0.1, 0.15) is 80.1 Å². The second kappa shape index (κ2) is 10.6. The molecule has 2 N–H and O–H groups in total. The highest BCUT2D eigenvalue weighted by atomic mass is 16.5. The number of unbranched alkanes of at least 4 members (excludes halogenated alkanes) is 2. The van der Waals surface area contributed by atoms with Crippen LogP contribution in [0.25, 0.3) is 10.9 Å². The fourth-order valence-electron chi connectivity index (χ4n) is 5.68. The first-order valence-electron chi connectivity index (χ1n) is 13.1. The molecule has 2 aromatic carbocycles. The van der Waals surface area contributed by atoms with Crippen molar-refractivity contribution in [3.63, 3.8) is 0 Å². The molecule has 5 nitrogen and oxygen atoms in total. The topological polar surface area (TPSA) is 57.4 Å². The average molecular weight is 460 g/mol. The normalized spacial score (nSPS) is 20.7. The molecule has 1 aromatic heterocycles. The minimum Gasteiger partial charge on any atom is -0.494 e. The van der Waals surface area contributed by atoms with Gasteiger partial charge in [-0.15, -0.1) is 0 Å². The van der Waals surface area contributed by atoms with Crippen molar-refractivity contribution < 1.29 is 9.53 Å². The molecule has 180 valence electrons. The number of anilines is 1. The lowest BCUT2D eigenvalue weighted by Crippen LogP contribution is -2.44. The summed E-state index contributed by atoms with van der Waals surface area (Å²) in [5.74, 6) is 1.31. The van der Waals surface area contributed by atoms with Crippen LogP contribution in [0, 0.1) is 0 Å². The predicted octanol–water partition coefficient (Wildman–Crippen LogP) is 6.72. The van der Waals surface area contributed by atoms with Gasteiger partial charge in [-0.25, -0.2) is 0 Å². The fraction of sp³-hybridized carbons (Fsp3) is 0.483. The third-order valence-corrected chi connectivity index (χ3v) is 7.62. The Morgan fingerprint density at radius 3 is 2.82 bits per heavy atom. The third kappa shape index (κ3) is 5.15. The molecule has 34 heavy (non-hydrogen) atoms. The van der Waals surface area contributed by atoms with Crippen LogP contribution in [0.2, 0.25) is 0 Å². The smallest absolute Gasteiger partial charge is 0.255 e. The molecule has 5 heteroatoms. The molecule has 2 unspecified atom stereocenters. The summed E-state index contributed by atoms with van der Waals surface area (Å²) in [7, 11) is 0. The zero-order valence-electron chi connectivity index (χ0n) is 20.3. The average Bonchev–Trinajstić information content (AvgIpc) is 3.30. The predicted molar refractivity (Wildman–Crippen MR) is 139 cm³/mol. The second-order valence-corrected chi connectivity index (χ2v) is 9.95. The number of carbonyl (C=O) groups excluding carboxylic acids is 1. The van der Waals surface area contributed by atoms with E-state index in [0.29, 0.717) is 11.5 Å². The molecule has 5 rings (SSSR count). The third-order valence-electron chi connectivity index (χ3n) is 7.62. The first-order chi connectivity index (χ1) is 16.7. The number of ether oxygens (including phenoxy) is 1.